The molecule has 2 aliphatic rings. The fraction of sp³-hybridized carbons (Fsp3) is 0.684. The fourth-order valence-corrected chi connectivity index (χ4v) is 6.54. The van der Waals surface area contributed by atoms with E-state index < -0.39 is 7.37 Å². The molecule has 3 atom stereocenters. The molecule has 0 aromatic heterocycles. The van der Waals surface area contributed by atoms with E-state index in [4.69, 9.17) is 4.74 Å². The van der Waals surface area contributed by atoms with Gasteiger partial charge in [0.1, 0.15) is 0 Å². The molecule has 1 aromatic carbocycles. The van der Waals surface area contributed by atoms with Crippen molar-refractivity contribution < 1.29 is 14.2 Å². The number of rotatable bonds is 6. The van der Waals surface area contributed by atoms with E-state index >= 15 is 0 Å². The van der Waals surface area contributed by atoms with Crippen LogP contribution in [0, 0.1) is 9.49 Å². The molecule has 2 fully saturated rings. The maximum absolute atomic E-state index is 12.6. The van der Waals surface area contributed by atoms with Gasteiger partial charge in [-0.2, -0.15) is 0 Å². The first-order valence-electron chi connectivity index (χ1n) is 9.40. The summed E-state index contributed by atoms with van der Waals surface area (Å²) < 4.78 is 19.8. The first kappa shape index (κ1) is 19.8. The Morgan fingerprint density at radius 2 is 1.88 bits per heavy atom. The predicted molar refractivity (Wildman–Crippen MR) is 111 cm³/mol. The average molecular weight is 477 g/mol. The summed E-state index contributed by atoms with van der Waals surface area (Å²) in [5, 5.41) is 3.50. The zero-order chi connectivity index (χ0) is 17.7. The van der Waals surface area contributed by atoms with Crippen molar-refractivity contribution in [3.05, 3.63) is 33.4 Å². The van der Waals surface area contributed by atoms with E-state index in [-0.39, 0.29) is 12.1 Å². The largest absolute Gasteiger partial charge is 0.375 e. The smallest absolute Gasteiger partial charge is 0.203 e. The van der Waals surface area contributed by atoms with Crippen LogP contribution in [0.1, 0.15) is 37.7 Å². The quantitative estimate of drug-likeness (QED) is 0.480. The number of morpholine rings is 1. The Morgan fingerprint density at radius 1 is 1.16 bits per heavy atom. The summed E-state index contributed by atoms with van der Waals surface area (Å²) in [4.78, 5) is 10.4. The predicted octanol–water partition coefficient (Wildman–Crippen LogP) is 4.04. The molecule has 25 heavy (non-hydrogen) atoms. The maximum atomic E-state index is 12.6. The standard InChI is InChI=1S/C19H29INO3P/c20-17-8-6-15(7-9-17)10-18-12-24-19(11-21-18)14-25(22,23)13-16-4-2-1-3-5-16/h6-9,16,18-19,21H,1-5,10-14H2,(H,22,23). The van der Waals surface area contributed by atoms with Gasteiger partial charge in [-0.3, -0.25) is 4.57 Å². The van der Waals surface area contributed by atoms with Gasteiger partial charge in [-0.15, -0.1) is 0 Å². The van der Waals surface area contributed by atoms with Crippen molar-refractivity contribution in [2.75, 3.05) is 25.5 Å². The summed E-state index contributed by atoms with van der Waals surface area (Å²) in [5.41, 5.74) is 1.30. The van der Waals surface area contributed by atoms with Gasteiger partial charge in [-0.25, -0.2) is 0 Å². The van der Waals surface area contributed by atoms with Gasteiger partial charge in [0.2, 0.25) is 7.37 Å². The average Bonchev–Trinajstić information content (AvgIpc) is 2.59. The van der Waals surface area contributed by atoms with Crippen LogP contribution in [0.3, 0.4) is 0 Å². The molecule has 1 aliphatic carbocycles. The van der Waals surface area contributed by atoms with Crippen LogP contribution in [0.4, 0.5) is 0 Å². The zero-order valence-electron chi connectivity index (χ0n) is 14.7. The Hall–Kier alpha value is 0.0600. The van der Waals surface area contributed by atoms with Gasteiger partial charge in [-0.1, -0.05) is 31.4 Å². The molecule has 3 rings (SSSR count). The summed E-state index contributed by atoms with van der Waals surface area (Å²) in [6, 6.07) is 8.84. The van der Waals surface area contributed by atoms with E-state index in [1.54, 1.807) is 0 Å². The third-order valence-electron chi connectivity index (χ3n) is 5.32. The van der Waals surface area contributed by atoms with Gasteiger partial charge in [0, 0.05) is 22.3 Å². The topological polar surface area (TPSA) is 58.6 Å². The first-order valence-corrected chi connectivity index (χ1v) is 12.5. The number of hydrogen-bond donors (Lipinski definition) is 2. The van der Waals surface area contributed by atoms with E-state index in [0.29, 0.717) is 31.4 Å². The lowest BCUT2D eigenvalue weighted by Gasteiger charge is -2.32. The minimum Gasteiger partial charge on any atom is -0.375 e. The highest BCUT2D eigenvalue weighted by Gasteiger charge is 2.31. The van der Waals surface area contributed by atoms with Crippen LogP contribution in [0.15, 0.2) is 24.3 Å². The summed E-state index contributed by atoms with van der Waals surface area (Å²) in [7, 11) is -3.09. The molecule has 1 aliphatic heterocycles. The molecule has 1 aromatic rings. The van der Waals surface area contributed by atoms with E-state index in [2.05, 4.69) is 52.2 Å². The molecule has 1 saturated heterocycles. The number of nitrogens with one attached hydrogen (secondary N) is 1. The molecule has 0 amide bonds. The Morgan fingerprint density at radius 3 is 2.52 bits per heavy atom. The zero-order valence-corrected chi connectivity index (χ0v) is 17.8. The Labute approximate surface area is 164 Å². The van der Waals surface area contributed by atoms with Gasteiger partial charge in [-0.05, 0) is 65.5 Å². The maximum Gasteiger partial charge on any atom is 0.203 e. The van der Waals surface area contributed by atoms with Crippen LogP contribution in [-0.4, -0.2) is 42.5 Å². The second kappa shape index (κ2) is 9.32. The molecular weight excluding hydrogens is 448 g/mol. The van der Waals surface area contributed by atoms with Crippen LogP contribution >= 0.6 is 30.0 Å². The third-order valence-corrected chi connectivity index (χ3v) is 8.10. The van der Waals surface area contributed by atoms with Crippen LogP contribution in [0.5, 0.6) is 0 Å². The summed E-state index contributed by atoms with van der Waals surface area (Å²) in [6.07, 6.45) is 7.53. The van der Waals surface area contributed by atoms with Gasteiger partial charge >= 0.3 is 0 Å². The number of benzene rings is 1. The Kier molecular flexibility index (Phi) is 7.38. The monoisotopic (exact) mass is 477 g/mol. The minimum absolute atomic E-state index is 0.132. The van der Waals surface area contributed by atoms with Gasteiger partial charge in [0.05, 0.1) is 18.9 Å². The van der Waals surface area contributed by atoms with Gasteiger partial charge in [0.25, 0.3) is 0 Å². The van der Waals surface area contributed by atoms with Crippen molar-refractivity contribution in [3.8, 4) is 0 Å². The third kappa shape index (κ3) is 6.62. The highest BCUT2D eigenvalue weighted by atomic mass is 127. The lowest BCUT2D eigenvalue weighted by atomic mass is 9.91. The lowest BCUT2D eigenvalue weighted by molar-refractivity contribution is 0.0162. The number of halogens is 1. The van der Waals surface area contributed by atoms with E-state index in [0.717, 1.165) is 19.3 Å². The molecule has 2 N–H and O–H groups in total. The SMILES string of the molecule is O=P(O)(CC1CCCCC1)CC1CNC(Cc2ccc(I)cc2)CO1. The summed E-state index contributed by atoms with van der Waals surface area (Å²) in [6.45, 7) is 1.28. The molecule has 0 bridgehead atoms. The number of hydrogen-bond acceptors (Lipinski definition) is 3. The van der Waals surface area contributed by atoms with Crippen LogP contribution in [0.25, 0.3) is 0 Å². The second-order valence-corrected chi connectivity index (χ2v) is 11.3. The molecule has 3 unspecified atom stereocenters. The summed E-state index contributed by atoms with van der Waals surface area (Å²) >= 11 is 2.31. The molecule has 0 spiro atoms. The van der Waals surface area contributed by atoms with Crippen molar-refractivity contribution in [1.82, 2.24) is 5.32 Å². The van der Waals surface area contributed by atoms with Crippen molar-refractivity contribution in [3.63, 3.8) is 0 Å². The van der Waals surface area contributed by atoms with E-state index in [1.807, 2.05) is 0 Å². The molecule has 1 saturated carbocycles. The molecule has 140 valence electrons. The van der Waals surface area contributed by atoms with Crippen molar-refractivity contribution in [2.24, 2.45) is 5.92 Å². The van der Waals surface area contributed by atoms with Gasteiger partial charge < -0.3 is 14.9 Å². The van der Waals surface area contributed by atoms with Crippen molar-refractivity contribution >= 4 is 30.0 Å². The summed E-state index contributed by atoms with van der Waals surface area (Å²) in [5.74, 6) is 0.440. The van der Waals surface area contributed by atoms with Crippen LogP contribution in [0.2, 0.25) is 0 Å². The normalized spacial score (nSPS) is 27.8. The van der Waals surface area contributed by atoms with Crippen LogP contribution < -0.4 is 5.32 Å². The van der Waals surface area contributed by atoms with Crippen molar-refractivity contribution in [2.45, 2.75) is 50.7 Å². The van der Waals surface area contributed by atoms with Gasteiger partial charge in [0.15, 0.2) is 0 Å². The lowest BCUT2D eigenvalue weighted by Crippen LogP contribution is -2.48. The molecule has 4 nitrogen and oxygen atoms in total. The second-order valence-electron chi connectivity index (χ2n) is 7.61. The fourth-order valence-electron chi connectivity index (χ4n) is 3.99. The highest BCUT2D eigenvalue weighted by molar-refractivity contribution is 14.1. The minimum atomic E-state index is -3.09. The molecule has 0 radical (unpaired) electrons. The highest BCUT2D eigenvalue weighted by Crippen LogP contribution is 2.46. The van der Waals surface area contributed by atoms with E-state index in [9.17, 15) is 9.46 Å². The molecule has 6 heteroatoms. The molecule has 1 heterocycles. The Balaban J connectivity index is 1.42. The molecular formula is C19H29INO3P. The van der Waals surface area contributed by atoms with Crippen molar-refractivity contribution in [1.29, 1.82) is 0 Å². The first-order chi connectivity index (χ1) is 12.0. The van der Waals surface area contributed by atoms with E-state index in [1.165, 1.54) is 28.4 Å². The van der Waals surface area contributed by atoms with Crippen LogP contribution in [-0.2, 0) is 15.7 Å². The number of ether oxygens (including phenoxy) is 1. The Bertz CT molecular complexity index is 581.